The smallest absolute Gasteiger partial charge is 0.372 e. The molecule has 1 aromatic heterocycles. The van der Waals surface area contributed by atoms with E-state index in [4.69, 9.17) is 19.0 Å². The van der Waals surface area contributed by atoms with E-state index in [2.05, 4.69) is 5.32 Å². The fourth-order valence-corrected chi connectivity index (χ4v) is 7.21. The molecule has 1 fully saturated rings. The van der Waals surface area contributed by atoms with Crippen LogP contribution in [0, 0.1) is 5.92 Å². The maximum Gasteiger partial charge on any atom is 0.372 e. The Morgan fingerprint density at radius 3 is 2.43 bits per heavy atom. The number of hydrogen-bond donors (Lipinski definition) is 2. The molecule has 14 heteroatoms. The number of hydrogen-bond acceptors (Lipinski definition) is 9. The van der Waals surface area contributed by atoms with E-state index >= 15 is 0 Å². The molecule has 284 valence electrons. The number of alkyl halides is 1. The van der Waals surface area contributed by atoms with Gasteiger partial charge in [0.15, 0.2) is 5.78 Å². The molecule has 2 atom stereocenters. The molecule has 1 heterocycles. The van der Waals surface area contributed by atoms with Crippen LogP contribution >= 0.6 is 0 Å². The van der Waals surface area contributed by atoms with Gasteiger partial charge in [0, 0.05) is 42.2 Å². The van der Waals surface area contributed by atoms with Crippen molar-refractivity contribution in [2.75, 3.05) is 50.6 Å². The van der Waals surface area contributed by atoms with Crippen molar-refractivity contribution in [1.29, 1.82) is 0 Å². The number of allylic oxidation sites excluding steroid dienone is 4. The number of carbonyl (C=O) groups excluding carboxylic acids is 3. The molecule has 0 saturated heterocycles. The zero-order chi connectivity index (χ0) is 38.3. The Hall–Kier alpha value is -4.66. The number of nitrogens with zero attached hydrogens (tertiary/aromatic N) is 1. The number of fused-ring (bicyclic) bond motifs is 1. The molecule has 2 aromatic carbocycles. The highest BCUT2D eigenvalue weighted by atomic mass is 32.2. The number of Topliss-reactive ketones (excluding diaryl/α,β-unsaturated/α-hetero) is 2. The highest BCUT2D eigenvalue weighted by molar-refractivity contribution is 7.92. The summed E-state index contributed by atoms with van der Waals surface area (Å²) < 4.78 is 59.5. The Bertz CT molecular complexity index is 2030. The van der Waals surface area contributed by atoms with Crippen molar-refractivity contribution in [2.24, 2.45) is 5.92 Å². The van der Waals surface area contributed by atoms with Crippen LogP contribution in [0.25, 0.3) is 16.5 Å². The number of halogens is 1. The number of carbonyl (C=O) groups is 4. The predicted molar refractivity (Wildman–Crippen MR) is 198 cm³/mol. The van der Waals surface area contributed by atoms with Gasteiger partial charge in [-0.1, -0.05) is 37.3 Å². The van der Waals surface area contributed by atoms with E-state index in [0.29, 0.717) is 58.8 Å². The molecule has 1 saturated carbocycles. The summed E-state index contributed by atoms with van der Waals surface area (Å²) in [5.41, 5.74) is 3.72. The van der Waals surface area contributed by atoms with Gasteiger partial charge in [-0.25, -0.2) is 17.6 Å². The topological polar surface area (TPSA) is 170 Å². The van der Waals surface area contributed by atoms with E-state index in [1.165, 1.54) is 17.4 Å². The van der Waals surface area contributed by atoms with Crippen LogP contribution in [-0.2, 0) is 35.5 Å². The van der Waals surface area contributed by atoms with Crippen molar-refractivity contribution in [3.63, 3.8) is 0 Å². The molecule has 2 unspecified atom stereocenters. The molecule has 2 aliphatic rings. The average molecular weight is 753 g/mol. The molecule has 0 bridgehead atoms. The Morgan fingerprint density at radius 2 is 1.77 bits per heavy atom. The molecule has 53 heavy (non-hydrogen) atoms. The van der Waals surface area contributed by atoms with Crippen molar-refractivity contribution < 1.29 is 51.0 Å². The van der Waals surface area contributed by atoms with Crippen LogP contribution in [0.4, 0.5) is 10.1 Å². The van der Waals surface area contributed by atoms with Crippen molar-refractivity contribution in [2.45, 2.75) is 57.5 Å². The number of carboxylic acids is 1. The van der Waals surface area contributed by atoms with Gasteiger partial charge < -0.3 is 24.3 Å². The number of ether oxygens (including phenoxy) is 2. The van der Waals surface area contributed by atoms with Crippen LogP contribution in [0.1, 0.15) is 82.5 Å². The third-order valence-corrected chi connectivity index (χ3v) is 10.4. The number of aliphatic carboxylic acids is 1. The summed E-state index contributed by atoms with van der Waals surface area (Å²) in [7, 11) is -2.22. The number of unbranched alkanes of at least 4 members (excludes halogenated alkanes) is 1. The molecule has 2 N–H and O–H groups in total. The van der Waals surface area contributed by atoms with Gasteiger partial charge in [0.05, 0.1) is 50.3 Å². The van der Waals surface area contributed by atoms with E-state index < -0.39 is 46.1 Å². The molecule has 12 nitrogen and oxygen atoms in total. The first-order valence-corrected chi connectivity index (χ1v) is 19.5. The highest BCUT2D eigenvalue weighted by Crippen LogP contribution is 2.48. The van der Waals surface area contributed by atoms with Crippen LogP contribution in [0.2, 0.25) is 0 Å². The van der Waals surface area contributed by atoms with Gasteiger partial charge in [-0.15, -0.1) is 0 Å². The number of rotatable bonds is 20. The highest BCUT2D eigenvalue weighted by Gasteiger charge is 2.33. The number of benzene rings is 2. The summed E-state index contributed by atoms with van der Waals surface area (Å²) in [6.45, 7) is 2.94. The normalized spacial score (nSPS) is 17.1. The Balaban J connectivity index is 1.16. The Kier molecular flexibility index (Phi) is 13.0. The molecule has 0 spiro atoms. The lowest BCUT2D eigenvalue weighted by Crippen LogP contribution is -2.34. The summed E-state index contributed by atoms with van der Waals surface area (Å²) in [6, 6.07) is 10.3. The SMILES string of the molecule is CNC(=O)c1c(C2=CC(C)C(F)C=C2)oc2cc(N(CCOCCOCCCCc3cccc(C(=O)CC(=O)C(=O)O)c3)S(C)(=O)=O)c(C3CC3)cc12. The summed E-state index contributed by atoms with van der Waals surface area (Å²) in [4.78, 5) is 47.5. The molecule has 2 aliphatic carbocycles. The van der Waals surface area contributed by atoms with E-state index in [0.717, 1.165) is 43.1 Å². The molecule has 1 amide bonds. The zero-order valence-electron chi connectivity index (χ0n) is 30.1. The fourth-order valence-electron chi connectivity index (χ4n) is 6.28. The molecular weight excluding hydrogens is 707 g/mol. The number of furan rings is 1. The van der Waals surface area contributed by atoms with Gasteiger partial charge in [0.25, 0.3) is 5.91 Å². The predicted octanol–water partition coefficient (Wildman–Crippen LogP) is 5.65. The molecule has 3 aromatic rings. The summed E-state index contributed by atoms with van der Waals surface area (Å²) in [5.74, 6) is -3.64. The van der Waals surface area contributed by atoms with Crippen molar-refractivity contribution >= 4 is 55.7 Å². The Morgan fingerprint density at radius 1 is 1.04 bits per heavy atom. The largest absolute Gasteiger partial charge is 0.475 e. The van der Waals surface area contributed by atoms with E-state index in [-0.39, 0.29) is 31.6 Å². The summed E-state index contributed by atoms with van der Waals surface area (Å²) in [6.07, 6.45) is 8.04. The first-order chi connectivity index (χ1) is 25.3. The van der Waals surface area contributed by atoms with Gasteiger partial charge in [-0.3, -0.25) is 18.7 Å². The first kappa shape index (κ1) is 39.5. The summed E-state index contributed by atoms with van der Waals surface area (Å²) >= 11 is 0. The van der Waals surface area contributed by atoms with Crippen molar-refractivity contribution in [1.82, 2.24) is 5.32 Å². The van der Waals surface area contributed by atoms with E-state index in [1.807, 2.05) is 12.1 Å². The van der Waals surface area contributed by atoms with Gasteiger partial charge >= 0.3 is 5.97 Å². The van der Waals surface area contributed by atoms with Crippen LogP contribution < -0.4 is 9.62 Å². The lowest BCUT2D eigenvalue weighted by atomic mass is 9.93. The minimum absolute atomic E-state index is 0.0509. The molecular formula is C39H45FN2O10S. The van der Waals surface area contributed by atoms with Gasteiger partial charge in [0.2, 0.25) is 15.8 Å². The summed E-state index contributed by atoms with van der Waals surface area (Å²) in [5, 5.41) is 12.0. The van der Waals surface area contributed by atoms with Crippen LogP contribution in [-0.4, -0.2) is 89.4 Å². The number of sulfonamides is 1. The van der Waals surface area contributed by atoms with Crippen molar-refractivity contribution in [3.8, 4) is 0 Å². The van der Waals surface area contributed by atoms with Crippen LogP contribution in [0.3, 0.4) is 0 Å². The van der Waals surface area contributed by atoms with E-state index in [9.17, 15) is 32.0 Å². The number of aryl methyl sites for hydroxylation is 1. The van der Waals surface area contributed by atoms with Gasteiger partial charge in [-0.2, -0.15) is 0 Å². The monoisotopic (exact) mass is 752 g/mol. The minimum Gasteiger partial charge on any atom is -0.475 e. The van der Waals surface area contributed by atoms with E-state index in [1.54, 1.807) is 43.3 Å². The third kappa shape index (κ3) is 10.1. The molecule has 0 aliphatic heterocycles. The fraction of sp³-hybridized carbons (Fsp3) is 0.436. The first-order valence-electron chi connectivity index (χ1n) is 17.7. The van der Waals surface area contributed by atoms with Crippen LogP contribution in [0.15, 0.2) is 59.0 Å². The molecule has 5 rings (SSSR count). The van der Waals surface area contributed by atoms with Crippen LogP contribution in [0.5, 0.6) is 0 Å². The average Bonchev–Trinajstić information content (AvgIpc) is 3.90. The second-order valence-electron chi connectivity index (χ2n) is 13.4. The van der Waals surface area contributed by atoms with Gasteiger partial charge in [-0.05, 0) is 67.4 Å². The quantitative estimate of drug-likeness (QED) is 0.0637. The third-order valence-electron chi connectivity index (χ3n) is 9.27. The minimum atomic E-state index is -3.74. The maximum atomic E-state index is 14.2. The lowest BCUT2D eigenvalue weighted by Gasteiger charge is -2.25. The zero-order valence-corrected chi connectivity index (χ0v) is 30.9. The van der Waals surface area contributed by atoms with Crippen molar-refractivity contribution in [3.05, 3.63) is 82.6 Å². The number of anilines is 1. The maximum absolute atomic E-state index is 14.2. The lowest BCUT2D eigenvalue weighted by molar-refractivity contribution is -0.148. The second-order valence-corrected chi connectivity index (χ2v) is 15.3. The number of nitrogens with one attached hydrogen (secondary N) is 1. The standard InChI is InChI=1S/C39H45FN2O10S/c1-24-19-28(12-13-31(24)40)37-36(38(45)41-2)30-21-29(26-10-11-26)32(22-35(30)52-37)42(53(3,48)49)14-16-51-18-17-50-15-5-4-7-25-8-6-9-27(20-25)33(43)23-34(44)39(46)47/h6,8-9,12-13,19-22,24,26,31H,4-5,7,10-11,14-18,23H2,1-3H3,(H,41,45)(H,46,47). The van der Waals surface area contributed by atoms with Gasteiger partial charge in [0.1, 0.15) is 17.5 Å². The second kappa shape index (κ2) is 17.4. The number of carboxylic acid groups (broad SMARTS) is 1. The molecule has 0 radical (unpaired) electrons. The number of ketones is 2. The Labute approximate surface area is 308 Å². The number of amides is 1.